The number of nitrogens with one attached hydrogen (secondary N) is 5. The maximum absolute atomic E-state index is 13.3. The SMILES string of the molecule is CN(C)CCCN(C)C1CCC(C(=O)Nc2c(C(=O)Nc3ccc(Cl)cn3)oc3ccccc23)CC1.CNC1CCC(C(=O)Nc2c(C(=O)Nc3ccc(Cl)cn3)oc3ccccc23)CC1.Cl.Cl.Cl. The van der Waals surface area contributed by atoms with Crippen molar-refractivity contribution in [2.75, 3.05) is 62.5 Å². The maximum atomic E-state index is 13.3. The summed E-state index contributed by atoms with van der Waals surface area (Å²) in [4.78, 5) is 65.0. The summed E-state index contributed by atoms with van der Waals surface area (Å²) in [7, 11) is 8.31. The molecule has 4 aromatic heterocycles. The number of nitrogens with zero attached hydrogens (tertiary/aromatic N) is 4. The summed E-state index contributed by atoms with van der Waals surface area (Å²) in [6.45, 7) is 2.13. The number of furan rings is 2. The van der Waals surface area contributed by atoms with Crippen LogP contribution < -0.4 is 26.6 Å². The van der Waals surface area contributed by atoms with Crippen LogP contribution in [0.3, 0.4) is 0 Å². The van der Waals surface area contributed by atoms with Crippen LogP contribution in [-0.4, -0.2) is 96.8 Å². The number of fused-ring (bicyclic) bond motifs is 2. The van der Waals surface area contributed by atoms with Crippen molar-refractivity contribution in [3.05, 3.63) is 107 Å². The van der Waals surface area contributed by atoms with E-state index in [0.717, 1.165) is 70.9 Å². The largest absolute Gasteiger partial charge is 0.449 e. The van der Waals surface area contributed by atoms with Crippen molar-refractivity contribution in [2.24, 2.45) is 11.8 Å². The van der Waals surface area contributed by atoms with Crippen molar-refractivity contribution in [2.45, 2.75) is 69.9 Å². The monoisotopic (exact) mass is 1050 g/mol. The molecule has 2 aromatic carbocycles. The van der Waals surface area contributed by atoms with E-state index < -0.39 is 11.8 Å². The summed E-state index contributed by atoms with van der Waals surface area (Å²) < 4.78 is 11.6. The Bertz CT molecular complexity index is 2610. The topological polar surface area (TPSA) is 187 Å². The van der Waals surface area contributed by atoms with Gasteiger partial charge in [0.05, 0.1) is 10.0 Å². The van der Waals surface area contributed by atoms with E-state index in [4.69, 9.17) is 32.0 Å². The summed E-state index contributed by atoms with van der Waals surface area (Å²) in [5.74, 6) is -0.544. The number of carbonyl (C=O) groups is 4. The number of pyridine rings is 2. The van der Waals surface area contributed by atoms with E-state index in [-0.39, 0.29) is 72.4 Å². The molecular formula is C49H60Cl5N9O6. The van der Waals surface area contributed by atoms with Gasteiger partial charge in [0.2, 0.25) is 23.3 Å². The molecule has 8 rings (SSSR count). The number of carbonyl (C=O) groups excluding carboxylic acids is 4. The van der Waals surface area contributed by atoms with Crippen LogP contribution in [0.25, 0.3) is 21.9 Å². The lowest BCUT2D eigenvalue weighted by molar-refractivity contribution is -0.121. The molecule has 2 saturated carbocycles. The van der Waals surface area contributed by atoms with Gasteiger partial charge in [-0.2, -0.15) is 0 Å². The smallest absolute Gasteiger partial charge is 0.294 e. The standard InChI is InChI=1S/C27H34ClN5O3.C22H23ClN4O3.3ClH/c1-32(2)15-6-16-33(3)20-12-9-18(10-13-20)26(34)31-24-21-7-4-5-8-22(21)36-25(24)27(35)30-23-14-11-19(28)17-29-23;1-24-15-9-6-13(7-10-15)21(28)27-19-16-4-2-3-5-17(16)30-20(19)22(29)26-18-11-8-14(23)12-25-18;;;/h4-5,7-8,11,14,17-18,20H,6,9-10,12-13,15-16H2,1-3H3,(H,31,34)(H,29,30,35);2-5,8,11-13,15,24H,6-7,9-10H2,1H3,(H,27,28)(H,25,26,29);3*1H. The molecule has 372 valence electrons. The van der Waals surface area contributed by atoms with E-state index in [1.165, 1.54) is 12.4 Å². The summed E-state index contributed by atoms with van der Waals surface area (Å²) in [5.41, 5.74) is 1.84. The summed E-state index contributed by atoms with van der Waals surface area (Å²) >= 11 is 11.7. The first-order chi connectivity index (χ1) is 31.9. The zero-order valence-electron chi connectivity index (χ0n) is 38.9. The van der Waals surface area contributed by atoms with E-state index in [1.807, 2.05) is 43.4 Å². The van der Waals surface area contributed by atoms with Crippen LogP contribution >= 0.6 is 60.4 Å². The lowest BCUT2D eigenvalue weighted by atomic mass is 9.84. The first-order valence-corrected chi connectivity index (χ1v) is 23.1. The lowest BCUT2D eigenvalue weighted by Gasteiger charge is -2.34. The minimum Gasteiger partial charge on any atom is -0.449 e. The van der Waals surface area contributed by atoms with E-state index in [9.17, 15) is 19.2 Å². The molecule has 0 spiro atoms. The molecule has 0 radical (unpaired) electrons. The summed E-state index contributed by atoms with van der Waals surface area (Å²) in [5, 5.41) is 17.0. The van der Waals surface area contributed by atoms with Gasteiger partial charge in [-0.05, 0) is 148 Å². The van der Waals surface area contributed by atoms with Gasteiger partial charge < -0.3 is 45.2 Å². The molecule has 6 aromatic rings. The van der Waals surface area contributed by atoms with Gasteiger partial charge in [0, 0.05) is 47.1 Å². The third-order valence-electron chi connectivity index (χ3n) is 12.4. The van der Waals surface area contributed by atoms with Crippen molar-refractivity contribution in [3.8, 4) is 0 Å². The molecule has 0 bridgehead atoms. The highest BCUT2D eigenvalue weighted by Crippen LogP contribution is 2.36. The third kappa shape index (κ3) is 15.0. The fourth-order valence-electron chi connectivity index (χ4n) is 8.60. The van der Waals surface area contributed by atoms with Crippen molar-refractivity contribution in [1.29, 1.82) is 0 Å². The third-order valence-corrected chi connectivity index (χ3v) is 12.8. The number of hydrogen-bond donors (Lipinski definition) is 5. The molecule has 0 saturated heterocycles. The van der Waals surface area contributed by atoms with Gasteiger partial charge in [-0.1, -0.05) is 47.5 Å². The number of rotatable bonds is 14. The number of amides is 4. The second-order valence-electron chi connectivity index (χ2n) is 17.2. The summed E-state index contributed by atoms with van der Waals surface area (Å²) in [6, 6.07) is 22.0. The zero-order valence-corrected chi connectivity index (χ0v) is 42.9. The average molecular weight is 1050 g/mol. The molecule has 2 aliphatic rings. The molecule has 20 heteroatoms. The van der Waals surface area contributed by atoms with Gasteiger partial charge in [-0.15, -0.1) is 37.2 Å². The van der Waals surface area contributed by atoms with Crippen LogP contribution in [0.5, 0.6) is 0 Å². The number of aromatic nitrogens is 2. The van der Waals surface area contributed by atoms with E-state index in [0.29, 0.717) is 67.1 Å². The van der Waals surface area contributed by atoms with Crippen molar-refractivity contribution >= 4 is 129 Å². The Morgan fingerprint density at radius 2 is 1.03 bits per heavy atom. The van der Waals surface area contributed by atoms with Crippen molar-refractivity contribution in [1.82, 2.24) is 25.1 Å². The first-order valence-electron chi connectivity index (χ1n) is 22.4. The summed E-state index contributed by atoms with van der Waals surface area (Å²) in [6.07, 6.45) is 11.2. The molecular weight excluding hydrogens is 988 g/mol. The second-order valence-corrected chi connectivity index (χ2v) is 18.1. The lowest BCUT2D eigenvalue weighted by Crippen LogP contribution is -2.38. The van der Waals surface area contributed by atoms with Crippen LogP contribution in [0.1, 0.15) is 78.9 Å². The van der Waals surface area contributed by atoms with Gasteiger partial charge in [-0.25, -0.2) is 9.97 Å². The Labute approximate surface area is 430 Å². The maximum Gasteiger partial charge on any atom is 0.294 e. The zero-order chi connectivity index (χ0) is 46.7. The van der Waals surface area contributed by atoms with Crippen LogP contribution in [0.2, 0.25) is 10.0 Å². The van der Waals surface area contributed by atoms with Gasteiger partial charge >= 0.3 is 0 Å². The number of hydrogen-bond acceptors (Lipinski definition) is 11. The second kappa shape index (κ2) is 26.9. The molecule has 4 amide bonds. The number of anilines is 4. The molecule has 5 N–H and O–H groups in total. The van der Waals surface area contributed by atoms with Gasteiger partial charge in [0.15, 0.2) is 0 Å². The minimum absolute atomic E-state index is 0. The van der Waals surface area contributed by atoms with Crippen LogP contribution in [0, 0.1) is 11.8 Å². The van der Waals surface area contributed by atoms with Gasteiger partial charge in [-0.3, -0.25) is 19.2 Å². The average Bonchev–Trinajstić information content (AvgIpc) is 3.89. The molecule has 0 atom stereocenters. The fraction of sp³-hybridized carbons (Fsp3) is 0.388. The Kier molecular flexibility index (Phi) is 22.0. The predicted octanol–water partition coefficient (Wildman–Crippen LogP) is 10.8. The van der Waals surface area contributed by atoms with E-state index >= 15 is 0 Å². The van der Waals surface area contributed by atoms with E-state index in [1.54, 1.807) is 36.4 Å². The van der Waals surface area contributed by atoms with Gasteiger partial charge in [0.1, 0.15) is 34.2 Å². The molecule has 2 fully saturated rings. The first kappa shape index (κ1) is 56.6. The van der Waals surface area contributed by atoms with Crippen LogP contribution in [0.4, 0.5) is 23.0 Å². The highest BCUT2D eigenvalue weighted by Gasteiger charge is 2.32. The quantitative estimate of drug-likeness (QED) is 0.0699. The predicted molar refractivity (Wildman–Crippen MR) is 282 cm³/mol. The number of benzene rings is 2. The van der Waals surface area contributed by atoms with Crippen molar-refractivity contribution < 1.29 is 28.0 Å². The normalized spacial score (nSPS) is 17.6. The molecule has 0 aliphatic heterocycles. The Morgan fingerprint density at radius 1 is 0.594 bits per heavy atom. The highest BCUT2D eigenvalue weighted by atomic mass is 35.5. The molecule has 69 heavy (non-hydrogen) atoms. The number of para-hydroxylation sites is 2. The Balaban J connectivity index is 0.000000292. The minimum atomic E-state index is -0.491. The highest BCUT2D eigenvalue weighted by molar-refractivity contribution is 6.30. The number of halogens is 5. The molecule has 2 aliphatic carbocycles. The molecule has 15 nitrogen and oxygen atoms in total. The fourth-order valence-corrected chi connectivity index (χ4v) is 8.82. The van der Waals surface area contributed by atoms with Crippen LogP contribution in [0.15, 0.2) is 94.0 Å². The van der Waals surface area contributed by atoms with Crippen molar-refractivity contribution in [3.63, 3.8) is 0 Å². The van der Waals surface area contributed by atoms with E-state index in [2.05, 4.69) is 67.5 Å². The van der Waals surface area contributed by atoms with Gasteiger partial charge in [0.25, 0.3) is 11.8 Å². The molecule has 0 unspecified atom stereocenters. The van der Waals surface area contributed by atoms with Crippen LogP contribution in [-0.2, 0) is 9.59 Å². The Morgan fingerprint density at radius 3 is 1.43 bits per heavy atom. The Hall–Kier alpha value is -4.97. The molecule has 4 heterocycles.